The third-order valence-electron chi connectivity index (χ3n) is 3.62. The van der Waals surface area contributed by atoms with Gasteiger partial charge in [-0.05, 0) is 12.8 Å². The molecule has 2 heterocycles. The lowest BCUT2D eigenvalue weighted by Gasteiger charge is -2.16. The average Bonchev–Trinajstić information content (AvgIpc) is 3.05. The summed E-state index contributed by atoms with van der Waals surface area (Å²) in [6, 6.07) is -1.01. The van der Waals surface area contributed by atoms with E-state index >= 15 is 0 Å². The first-order chi connectivity index (χ1) is 10.7. The summed E-state index contributed by atoms with van der Waals surface area (Å²) in [5, 5.41) is 4.51. The minimum Gasteiger partial charge on any atom is -0.324 e. The minimum absolute atomic E-state index is 0.0273. The van der Waals surface area contributed by atoms with Crippen molar-refractivity contribution >= 4 is 22.9 Å². The zero-order chi connectivity index (χ0) is 16.8. The van der Waals surface area contributed by atoms with Crippen molar-refractivity contribution in [2.75, 3.05) is 5.32 Å². The Balaban J connectivity index is 1.71. The molecule has 5 nitrogen and oxygen atoms in total. The van der Waals surface area contributed by atoms with E-state index < -0.39 is 35.8 Å². The predicted octanol–water partition coefficient (Wildman–Crippen LogP) is 2.46. The lowest BCUT2D eigenvalue weighted by molar-refractivity contribution is -0.152. The fourth-order valence-corrected chi connectivity index (χ4v) is 2.48. The number of nitrogens with zero attached hydrogens (tertiary/aromatic N) is 1. The third-order valence-corrected chi connectivity index (χ3v) is 3.62. The van der Waals surface area contributed by atoms with Gasteiger partial charge in [0.25, 0.3) is 0 Å². The SMILES string of the molecule is O=C(Nc1nc2cc(F)c(F)cc2[nH]1)[C@@H]1CC[C@H](C(F)(F)F)N1. The van der Waals surface area contributed by atoms with Crippen LogP contribution in [0.15, 0.2) is 12.1 Å². The molecular weight excluding hydrogens is 323 g/mol. The smallest absolute Gasteiger partial charge is 0.324 e. The van der Waals surface area contributed by atoms with E-state index in [4.69, 9.17) is 0 Å². The van der Waals surface area contributed by atoms with Crippen LogP contribution in [-0.4, -0.2) is 34.1 Å². The van der Waals surface area contributed by atoms with Crippen molar-refractivity contribution in [1.29, 1.82) is 0 Å². The highest BCUT2D eigenvalue weighted by Gasteiger charge is 2.45. The van der Waals surface area contributed by atoms with Crippen LogP contribution in [0.4, 0.5) is 27.9 Å². The van der Waals surface area contributed by atoms with Crippen LogP contribution in [0, 0.1) is 11.6 Å². The molecular formula is C13H11F5N4O. The van der Waals surface area contributed by atoms with Crippen LogP contribution in [-0.2, 0) is 4.79 Å². The van der Waals surface area contributed by atoms with E-state index in [-0.39, 0.29) is 29.8 Å². The summed E-state index contributed by atoms with van der Waals surface area (Å²) in [5.41, 5.74) is 0.249. The van der Waals surface area contributed by atoms with Gasteiger partial charge in [-0.15, -0.1) is 0 Å². The number of benzene rings is 1. The molecule has 2 aromatic rings. The van der Waals surface area contributed by atoms with Crippen LogP contribution in [0.5, 0.6) is 0 Å². The van der Waals surface area contributed by atoms with Crippen molar-refractivity contribution in [2.45, 2.75) is 31.1 Å². The van der Waals surface area contributed by atoms with Crippen molar-refractivity contribution in [3.63, 3.8) is 0 Å². The van der Waals surface area contributed by atoms with Gasteiger partial charge in [0, 0.05) is 12.1 Å². The zero-order valence-corrected chi connectivity index (χ0v) is 11.5. The molecule has 23 heavy (non-hydrogen) atoms. The zero-order valence-electron chi connectivity index (χ0n) is 11.5. The normalized spacial score (nSPS) is 21.8. The number of H-pyrrole nitrogens is 1. The van der Waals surface area contributed by atoms with Crippen LogP contribution < -0.4 is 10.6 Å². The lowest BCUT2D eigenvalue weighted by atomic mass is 10.2. The highest BCUT2D eigenvalue weighted by molar-refractivity contribution is 5.95. The predicted molar refractivity (Wildman–Crippen MR) is 70.6 cm³/mol. The van der Waals surface area contributed by atoms with Crippen LogP contribution >= 0.6 is 0 Å². The number of rotatable bonds is 2. The number of carbonyl (C=O) groups excluding carboxylic acids is 1. The topological polar surface area (TPSA) is 69.8 Å². The molecule has 0 saturated carbocycles. The van der Waals surface area contributed by atoms with Gasteiger partial charge < -0.3 is 4.98 Å². The van der Waals surface area contributed by atoms with Gasteiger partial charge in [-0.25, -0.2) is 13.8 Å². The molecule has 1 aliphatic rings. The molecule has 1 aliphatic heterocycles. The maximum atomic E-state index is 13.1. The number of aromatic nitrogens is 2. The number of aromatic amines is 1. The summed E-state index contributed by atoms with van der Waals surface area (Å²) in [6.07, 6.45) is -4.58. The Labute approximate surface area is 126 Å². The number of amides is 1. The average molecular weight is 334 g/mol. The lowest BCUT2D eigenvalue weighted by Crippen LogP contribution is -2.45. The van der Waals surface area contributed by atoms with E-state index in [1.807, 2.05) is 0 Å². The van der Waals surface area contributed by atoms with Gasteiger partial charge in [-0.1, -0.05) is 0 Å². The number of alkyl halides is 3. The molecule has 1 saturated heterocycles. The Bertz CT molecular complexity index is 718. The molecule has 0 bridgehead atoms. The second-order valence-corrected chi connectivity index (χ2v) is 5.25. The van der Waals surface area contributed by atoms with E-state index in [1.165, 1.54) is 0 Å². The standard InChI is InChI=1S/C13H11F5N4O/c14-5-3-8-9(4-6(5)15)21-12(20-8)22-11(23)7-1-2-10(19-7)13(16,17)18/h3-4,7,10,19H,1-2H2,(H2,20,21,22,23)/t7-,10+/m0/s1. The highest BCUT2D eigenvalue weighted by Crippen LogP contribution is 2.29. The van der Waals surface area contributed by atoms with Crippen molar-refractivity contribution < 1.29 is 26.7 Å². The molecule has 0 spiro atoms. The second kappa shape index (κ2) is 5.44. The third kappa shape index (κ3) is 3.11. The van der Waals surface area contributed by atoms with E-state index in [2.05, 4.69) is 20.6 Å². The van der Waals surface area contributed by atoms with Crippen molar-refractivity contribution in [1.82, 2.24) is 15.3 Å². The summed E-state index contributed by atoms with van der Waals surface area (Å²) in [6.45, 7) is 0. The monoisotopic (exact) mass is 334 g/mol. The van der Waals surface area contributed by atoms with Gasteiger partial charge in [0.2, 0.25) is 11.9 Å². The molecule has 1 aromatic heterocycles. The molecule has 1 aromatic carbocycles. The first kappa shape index (κ1) is 15.7. The number of hydrogen-bond acceptors (Lipinski definition) is 3. The number of nitrogens with one attached hydrogen (secondary N) is 3. The Kier molecular flexibility index (Phi) is 3.71. The Morgan fingerprint density at radius 1 is 1.22 bits per heavy atom. The van der Waals surface area contributed by atoms with Gasteiger partial charge >= 0.3 is 6.18 Å². The molecule has 3 N–H and O–H groups in total. The molecule has 1 amide bonds. The number of imidazole rings is 1. The Morgan fingerprint density at radius 3 is 2.57 bits per heavy atom. The van der Waals surface area contributed by atoms with Gasteiger partial charge in [-0.2, -0.15) is 13.2 Å². The second-order valence-electron chi connectivity index (χ2n) is 5.25. The van der Waals surface area contributed by atoms with Crippen molar-refractivity contribution in [2.24, 2.45) is 0 Å². The first-order valence-electron chi connectivity index (χ1n) is 6.72. The van der Waals surface area contributed by atoms with Crippen LogP contribution in [0.1, 0.15) is 12.8 Å². The molecule has 3 rings (SSSR count). The van der Waals surface area contributed by atoms with Crippen LogP contribution in [0.3, 0.4) is 0 Å². The molecule has 10 heteroatoms. The summed E-state index contributed by atoms with van der Waals surface area (Å²) < 4.78 is 63.8. The van der Waals surface area contributed by atoms with E-state index in [1.54, 1.807) is 0 Å². The van der Waals surface area contributed by atoms with E-state index in [0.717, 1.165) is 12.1 Å². The summed E-state index contributed by atoms with van der Waals surface area (Å²) in [4.78, 5) is 18.4. The molecule has 124 valence electrons. The maximum absolute atomic E-state index is 13.1. The molecule has 0 unspecified atom stereocenters. The number of fused-ring (bicyclic) bond motifs is 1. The largest absolute Gasteiger partial charge is 0.403 e. The quantitative estimate of drug-likeness (QED) is 0.739. The maximum Gasteiger partial charge on any atom is 0.403 e. The molecule has 2 atom stereocenters. The van der Waals surface area contributed by atoms with E-state index in [9.17, 15) is 26.7 Å². The van der Waals surface area contributed by atoms with Gasteiger partial charge in [0.15, 0.2) is 11.6 Å². The first-order valence-corrected chi connectivity index (χ1v) is 6.72. The number of halogens is 5. The van der Waals surface area contributed by atoms with E-state index in [0.29, 0.717) is 0 Å². The van der Waals surface area contributed by atoms with Gasteiger partial charge in [0.05, 0.1) is 17.1 Å². The minimum atomic E-state index is -4.41. The molecule has 1 fully saturated rings. The number of anilines is 1. The fraction of sp³-hybridized carbons (Fsp3) is 0.385. The Morgan fingerprint density at radius 2 is 1.91 bits per heavy atom. The number of carbonyl (C=O) groups is 1. The summed E-state index contributed by atoms with van der Waals surface area (Å²) in [5.74, 6) is -2.96. The van der Waals surface area contributed by atoms with Crippen molar-refractivity contribution in [3.05, 3.63) is 23.8 Å². The molecule has 0 radical (unpaired) electrons. The summed E-state index contributed by atoms with van der Waals surface area (Å²) in [7, 11) is 0. The van der Waals surface area contributed by atoms with Crippen LogP contribution in [0.25, 0.3) is 11.0 Å². The molecule has 0 aliphatic carbocycles. The summed E-state index contributed by atoms with van der Waals surface area (Å²) >= 11 is 0. The van der Waals surface area contributed by atoms with Gasteiger partial charge in [-0.3, -0.25) is 15.4 Å². The Hall–Kier alpha value is -2.23. The van der Waals surface area contributed by atoms with Gasteiger partial charge in [0.1, 0.15) is 6.04 Å². The fourth-order valence-electron chi connectivity index (χ4n) is 2.48. The number of hydrogen-bond donors (Lipinski definition) is 3. The van der Waals surface area contributed by atoms with Crippen molar-refractivity contribution in [3.8, 4) is 0 Å². The highest BCUT2D eigenvalue weighted by atomic mass is 19.4. The van der Waals surface area contributed by atoms with Crippen LogP contribution in [0.2, 0.25) is 0 Å².